The Bertz CT molecular complexity index is 3730. The molecule has 840 valence electrons. The Morgan fingerprint density at radius 3 is 0.667 bits per heavy atom. The molecule has 56 unspecified atom stereocenters. The van der Waals surface area contributed by atoms with Crippen molar-refractivity contribution in [2.45, 2.75) is 410 Å². The van der Waals surface area contributed by atoms with Crippen LogP contribution in [0, 0.1) is 23.7 Å². The van der Waals surface area contributed by atoms with Crippen molar-refractivity contribution < 1.29 is 231 Å². The molecule has 0 spiro atoms. The van der Waals surface area contributed by atoms with Crippen LogP contribution in [-0.2, 0) is 47.5 Å². The summed E-state index contributed by atoms with van der Waals surface area (Å²) < 4.78 is 46.4. The molecule has 0 aromatic heterocycles. The van der Waals surface area contributed by atoms with Crippen LogP contribution in [0.25, 0.3) is 0 Å². The average Bonchev–Trinajstić information content (AvgIpc) is 0.770. The highest BCUT2D eigenvalue weighted by molar-refractivity contribution is 5.85. The standard InChI is InChI=1S/2C23H40N2O12.2C21H38N2O11.2ClH/c2*1-3-13-18(32)19(33)14(24-8(2)28)23(36-13)37-22-10(7-27)5-12(17(31)21(22)35)25-11-4-9(6-26)15(29)20(34)16(11)30;2*1-2-11-16(29)17(30)12(22)21(33-11)34-20-8(6-25)4-10(15(28)19(20)32)23-9-3-7(5-24)13(26)18(31)14(9)27;;/h2*4,10-23,25-27,29-35H,3,5-7H2,1-2H3,(H,24,28);2*3,8-21,23-32H,2,4-6,22H2,1H3;2*1H. The second kappa shape index (κ2) is 57.1. The summed E-state index contributed by atoms with van der Waals surface area (Å²) in [4.78, 5) is 23.4. The minimum Gasteiger partial charge on any atom is -0.396 e. The van der Waals surface area contributed by atoms with E-state index in [9.17, 15) is 193 Å². The fourth-order valence-electron chi connectivity index (χ4n) is 20.7. The van der Waals surface area contributed by atoms with Crippen LogP contribution in [0.5, 0.6) is 0 Å². The van der Waals surface area contributed by atoms with E-state index < -0.39 is 406 Å². The molecule has 0 aromatic carbocycles. The largest absolute Gasteiger partial charge is 0.396 e. The van der Waals surface area contributed by atoms with Crippen LogP contribution in [0.4, 0.5) is 0 Å². The van der Waals surface area contributed by atoms with Gasteiger partial charge in [-0.3, -0.25) is 9.59 Å². The number of halogens is 2. The summed E-state index contributed by atoms with van der Waals surface area (Å²) in [6.45, 7) is 5.26. The van der Waals surface area contributed by atoms with Crippen LogP contribution in [-0.4, -0.2) is 566 Å². The van der Waals surface area contributed by atoms with Gasteiger partial charge >= 0.3 is 0 Å². The number of carbonyl (C=O) groups excluding carboxylic acids is 2. The number of rotatable bonds is 30. The Labute approximate surface area is 841 Å². The van der Waals surface area contributed by atoms with Gasteiger partial charge in [0.15, 0.2) is 25.2 Å². The zero-order chi connectivity index (χ0) is 106. The topological polar surface area (TPSA) is 960 Å². The van der Waals surface area contributed by atoms with Gasteiger partial charge in [-0.25, -0.2) is 0 Å². The lowest BCUT2D eigenvalue weighted by Crippen LogP contribution is -2.67. The summed E-state index contributed by atoms with van der Waals surface area (Å²) in [5, 5.41) is 385. The highest BCUT2D eigenvalue weighted by Gasteiger charge is 2.58. The van der Waals surface area contributed by atoms with Crippen molar-refractivity contribution in [3.05, 3.63) is 46.6 Å². The Kier molecular flexibility index (Phi) is 50.5. The molecule has 12 aliphatic rings. The first-order valence-corrected chi connectivity index (χ1v) is 48.1. The van der Waals surface area contributed by atoms with Crippen LogP contribution in [0.15, 0.2) is 46.6 Å². The van der Waals surface area contributed by atoms with Crippen molar-refractivity contribution in [2.75, 3.05) is 52.9 Å². The molecule has 54 nitrogen and oxygen atoms in total. The summed E-state index contributed by atoms with van der Waals surface area (Å²) >= 11 is 0. The molecule has 2 amide bonds. The van der Waals surface area contributed by atoms with Crippen LogP contribution in [0.3, 0.4) is 0 Å². The number of carbonyl (C=O) groups is 2. The molecule has 0 radical (unpaired) electrons. The number of aliphatic hydroxyl groups excluding tert-OH is 36. The summed E-state index contributed by atoms with van der Waals surface area (Å²) in [7, 11) is 0. The fraction of sp³-hybridized carbons (Fsp3) is 0.886. The normalized spacial score (nSPS) is 47.8. The third kappa shape index (κ3) is 29.0. The van der Waals surface area contributed by atoms with Gasteiger partial charge in [0.1, 0.15) is 159 Å². The number of hydrogen-bond donors (Lipinski definition) is 44. The molecule has 144 heavy (non-hydrogen) atoms. The lowest BCUT2D eigenvalue weighted by molar-refractivity contribution is -0.300. The Morgan fingerprint density at radius 2 is 0.479 bits per heavy atom. The molecule has 4 saturated heterocycles. The predicted molar refractivity (Wildman–Crippen MR) is 493 cm³/mol. The van der Waals surface area contributed by atoms with E-state index in [2.05, 4.69) is 31.9 Å². The molecule has 46 N–H and O–H groups in total. The summed E-state index contributed by atoms with van der Waals surface area (Å²) in [6, 6.07) is -12.1. The van der Waals surface area contributed by atoms with Crippen LogP contribution < -0.4 is 43.4 Å². The number of amides is 2. The van der Waals surface area contributed by atoms with Crippen molar-refractivity contribution in [3.63, 3.8) is 0 Å². The Hall–Kier alpha value is -3.52. The van der Waals surface area contributed by atoms with Gasteiger partial charge in [0.25, 0.3) is 0 Å². The van der Waals surface area contributed by atoms with Crippen molar-refractivity contribution in [3.8, 4) is 0 Å². The molecular formula is C88H158Cl2N8O46. The maximum atomic E-state index is 11.7. The average molecular weight is 2140 g/mol. The van der Waals surface area contributed by atoms with E-state index in [1.807, 2.05) is 0 Å². The second-order valence-electron chi connectivity index (χ2n) is 38.9. The van der Waals surface area contributed by atoms with Gasteiger partial charge in [-0.2, -0.15) is 0 Å². The highest BCUT2D eigenvalue weighted by Crippen LogP contribution is 2.41. The molecule has 0 bridgehead atoms. The van der Waals surface area contributed by atoms with Crippen LogP contribution in [0.1, 0.15) is 92.9 Å². The van der Waals surface area contributed by atoms with E-state index in [0.29, 0.717) is 25.7 Å². The minimum atomic E-state index is -1.59. The van der Waals surface area contributed by atoms with E-state index in [-0.39, 0.29) is 72.8 Å². The first-order valence-electron chi connectivity index (χ1n) is 48.1. The fourth-order valence-corrected chi connectivity index (χ4v) is 20.7. The summed E-state index contributed by atoms with van der Waals surface area (Å²) in [6.07, 6.45) is -46.6. The zero-order valence-electron chi connectivity index (χ0n) is 80.1. The van der Waals surface area contributed by atoms with E-state index >= 15 is 0 Å². The van der Waals surface area contributed by atoms with Gasteiger partial charge in [0.05, 0.1) is 136 Å². The number of nitrogens with two attached hydrogens (primary N) is 2. The molecule has 8 fully saturated rings. The highest BCUT2D eigenvalue weighted by atomic mass is 35.5. The van der Waals surface area contributed by atoms with Gasteiger partial charge in [0.2, 0.25) is 11.8 Å². The molecule has 0 aromatic rings. The minimum absolute atomic E-state index is 0. The lowest BCUT2D eigenvalue weighted by atomic mass is 9.78. The van der Waals surface area contributed by atoms with Crippen molar-refractivity contribution in [1.82, 2.24) is 31.9 Å². The second-order valence-corrected chi connectivity index (χ2v) is 38.9. The molecule has 56 atom stereocenters. The van der Waals surface area contributed by atoms with Crippen molar-refractivity contribution >= 4 is 36.6 Å². The maximum Gasteiger partial charge on any atom is 0.217 e. The Morgan fingerprint density at radius 1 is 0.285 bits per heavy atom. The van der Waals surface area contributed by atoms with E-state index in [1.54, 1.807) is 27.7 Å². The number of ether oxygens (including phenoxy) is 8. The first kappa shape index (κ1) is 127. The van der Waals surface area contributed by atoms with E-state index in [0.717, 1.165) is 0 Å². The van der Waals surface area contributed by atoms with Gasteiger partial charge in [-0.05, 0) is 73.7 Å². The lowest BCUT2D eigenvalue weighted by Gasteiger charge is -2.48. The summed E-state index contributed by atoms with van der Waals surface area (Å²) in [5.74, 6) is -4.03. The number of aliphatic hydroxyl groups is 36. The van der Waals surface area contributed by atoms with Gasteiger partial charge < -0.3 is 265 Å². The summed E-state index contributed by atoms with van der Waals surface area (Å²) in [5.41, 5.74) is 12.2. The third-order valence-corrected chi connectivity index (χ3v) is 29.4. The maximum absolute atomic E-state index is 11.7. The van der Waals surface area contributed by atoms with Gasteiger partial charge in [0, 0.05) is 88.1 Å². The SMILES string of the molecule is CCC1OC(OC2C(CO)CC(NC3C=C(CO)C(O)C(O)C3O)C(O)C2O)C(N)C(O)C1O.CCC1OC(OC2C(CO)CC(NC3C=C(CO)C(O)C(O)C3O)C(O)C2O)C(N)C(O)C1O.CCC1OC(OC2C(CO)CC(NC3C=C(CO)C(O)C(O)C3O)C(O)C2O)C(NC(C)=O)C(O)C1O.CCC1OC(OC2C(CO)CC(NC3C=C(CO)C(O)C(O)C3O)C(O)C2O)C(NC(C)=O)C(O)C1O.Cl.Cl. The third-order valence-electron chi connectivity index (χ3n) is 29.4. The van der Waals surface area contributed by atoms with E-state index in [1.165, 1.54) is 38.2 Å². The van der Waals surface area contributed by atoms with Crippen molar-refractivity contribution in [1.29, 1.82) is 0 Å². The van der Waals surface area contributed by atoms with Gasteiger partial charge in [-0.1, -0.05) is 52.0 Å². The molecule has 4 heterocycles. The molecule has 12 rings (SSSR count). The quantitative estimate of drug-likeness (QED) is 0.0297. The van der Waals surface area contributed by atoms with E-state index in [4.69, 9.17) is 49.4 Å². The zero-order valence-corrected chi connectivity index (χ0v) is 81.7. The predicted octanol–water partition coefficient (Wildman–Crippen LogP) is -20.3. The monoisotopic (exact) mass is 2130 g/mol. The molecular weight excluding hydrogens is 1980 g/mol. The van der Waals surface area contributed by atoms with Crippen LogP contribution in [0.2, 0.25) is 0 Å². The first-order chi connectivity index (χ1) is 67.0. The van der Waals surface area contributed by atoms with Crippen molar-refractivity contribution in [2.24, 2.45) is 35.1 Å². The number of nitrogens with one attached hydrogen (secondary N) is 6. The molecule has 56 heteroatoms. The molecule has 4 saturated carbocycles. The van der Waals surface area contributed by atoms with Gasteiger partial charge in [-0.15, -0.1) is 24.8 Å². The van der Waals surface area contributed by atoms with Crippen LogP contribution >= 0.6 is 24.8 Å². The number of hydrogen-bond acceptors (Lipinski definition) is 52. The smallest absolute Gasteiger partial charge is 0.217 e. The molecule has 8 aliphatic carbocycles. The molecule has 4 aliphatic heterocycles. The Balaban J connectivity index is 0.000000259.